The van der Waals surface area contributed by atoms with Crippen molar-refractivity contribution in [3.05, 3.63) is 40.8 Å². The highest BCUT2D eigenvalue weighted by Gasteiger charge is 2.40. The first-order chi connectivity index (χ1) is 11.2. The van der Waals surface area contributed by atoms with E-state index in [4.69, 9.17) is 0 Å². The Hall–Kier alpha value is -1.86. The Morgan fingerprint density at radius 1 is 1.30 bits per heavy atom. The van der Waals surface area contributed by atoms with E-state index < -0.39 is 0 Å². The molecule has 1 aromatic carbocycles. The van der Waals surface area contributed by atoms with Crippen LogP contribution < -0.4 is 5.32 Å². The monoisotopic (exact) mass is 345 g/mol. The van der Waals surface area contributed by atoms with Crippen molar-refractivity contribution >= 4 is 40.7 Å². The molecule has 7 heteroatoms. The maximum Gasteiger partial charge on any atom is 0.268 e. The van der Waals surface area contributed by atoms with Gasteiger partial charge in [0.25, 0.3) is 5.91 Å². The van der Waals surface area contributed by atoms with Gasteiger partial charge in [-0.25, -0.2) is 4.98 Å². The molecule has 0 aliphatic carbocycles. The summed E-state index contributed by atoms with van der Waals surface area (Å²) in [6.45, 7) is 0.654. The normalized spacial score (nSPS) is 20.0. The molecule has 5 nitrogen and oxygen atoms in total. The van der Waals surface area contributed by atoms with E-state index in [1.165, 1.54) is 16.9 Å². The number of rotatable bonds is 3. The second-order valence-electron chi connectivity index (χ2n) is 5.58. The molecule has 1 saturated heterocycles. The quantitative estimate of drug-likeness (QED) is 0.869. The first kappa shape index (κ1) is 14.7. The molecule has 2 aliphatic heterocycles. The molecule has 0 spiro atoms. The van der Waals surface area contributed by atoms with Crippen LogP contribution in [0.4, 0.5) is 5.82 Å². The molecule has 0 radical (unpaired) electrons. The second kappa shape index (κ2) is 5.98. The third-order valence-corrected chi connectivity index (χ3v) is 6.32. The molecule has 1 N–H and O–H groups in total. The van der Waals surface area contributed by atoms with E-state index >= 15 is 0 Å². The van der Waals surface area contributed by atoms with Crippen molar-refractivity contribution in [2.75, 3.05) is 11.9 Å². The van der Waals surface area contributed by atoms with E-state index in [2.05, 4.69) is 22.4 Å². The molecule has 1 aromatic heterocycles. The van der Waals surface area contributed by atoms with Crippen LogP contribution in [0.5, 0.6) is 0 Å². The molecule has 4 rings (SSSR count). The zero-order chi connectivity index (χ0) is 15.8. The maximum absolute atomic E-state index is 12.6. The van der Waals surface area contributed by atoms with Gasteiger partial charge in [-0.1, -0.05) is 42.1 Å². The molecular weight excluding hydrogens is 330 g/mol. The molecule has 1 fully saturated rings. The fourth-order valence-corrected chi connectivity index (χ4v) is 4.93. The van der Waals surface area contributed by atoms with Crippen molar-refractivity contribution in [3.63, 3.8) is 0 Å². The van der Waals surface area contributed by atoms with Crippen LogP contribution in [0.15, 0.2) is 34.7 Å². The number of amides is 2. The van der Waals surface area contributed by atoms with Gasteiger partial charge in [0.05, 0.1) is 0 Å². The minimum atomic E-state index is -0.329. The zero-order valence-corrected chi connectivity index (χ0v) is 14.0. The van der Waals surface area contributed by atoms with Crippen molar-refractivity contribution < 1.29 is 9.59 Å². The van der Waals surface area contributed by atoms with Gasteiger partial charge >= 0.3 is 0 Å². The number of hydrogen-bond acceptors (Lipinski definition) is 5. The van der Waals surface area contributed by atoms with Crippen molar-refractivity contribution in [1.29, 1.82) is 0 Å². The van der Waals surface area contributed by atoms with Crippen LogP contribution in [0.25, 0.3) is 0 Å². The Balaban J connectivity index is 1.56. The molecule has 3 heterocycles. The van der Waals surface area contributed by atoms with Gasteiger partial charge in [0.1, 0.15) is 10.9 Å². The van der Waals surface area contributed by atoms with Crippen LogP contribution in [-0.2, 0) is 10.5 Å². The number of thiazole rings is 1. The first-order valence-corrected chi connectivity index (χ1v) is 9.32. The Kier molecular flexibility index (Phi) is 3.82. The van der Waals surface area contributed by atoms with Gasteiger partial charge in [0, 0.05) is 12.3 Å². The summed E-state index contributed by atoms with van der Waals surface area (Å²) in [7, 11) is 0. The van der Waals surface area contributed by atoms with E-state index in [9.17, 15) is 9.59 Å². The van der Waals surface area contributed by atoms with Crippen molar-refractivity contribution in [1.82, 2.24) is 9.88 Å². The summed E-state index contributed by atoms with van der Waals surface area (Å²) >= 11 is 2.96. The molecule has 0 bridgehead atoms. The Labute approximate surface area is 142 Å². The molecule has 2 aromatic rings. The average molecular weight is 345 g/mol. The summed E-state index contributed by atoms with van der Waals surface area (Å²) < 4.78 is 0.810. The summed E-state index contributed by atoms with van der Waals surface area (Å²) in [5.41, 5.74) is 1.21. The molecule has 0 unspecified atom stereocenters. The van der Waals surface area contributed by atoms with Gasteiger partial charge in [-0.3, -0.25) is 9.59 Å². The van der Waals surface area contributed by atoms with Crippen molar-refractivity contribution in [3.8, 4) is 0 Å². The van der Waals surface area contributed by atoms with E-state index in [1.54, 1.807) is 16.7 Å². The first-order valence-electron chi connectivity index (χ1n) is 7.52. The average Bonchev–Trinajstić information content (AvgIpc) is 3.18. The van der Waals surface area contributed by atoms with E-state index in [0.29, 0.717) is 17.2 Å². The highest BCUT2D eigenvalue weighted by molar-refractivity contribution is 8.00. The third kappa shape index (κ3) is 2.74. The van der Waals surface area contributed by atoms with Crippen LogP contribution in [0.2, 0.25) is 0 Å². The van der Waals surface area contributed by atoms with E-state index in [1.807, 2.05) is 18.2 Å². The van der Waals surface area contributed by atoms with Gasteiger partial charge < -0.3 is 10.2 Å². The lowest BCUT2D eigenvalue weighted by Gasteiger charge is -2.19. The van der Waals surface area contributed by atoms with Gasteiger partial charge in [0.2, 0.25) is 5.91 Å². The highest BCUT2D eigenvalue weighted by atomic mass is 32.2. The van der Waals surface area contributed by atoms with Crippen molar-refractivity contribution in [2.45, 2.75) is 29.0 Å². The van der Waals surface area contributed by atoms with Crippen LogP contribution >= 0.6 is 23.1 Å². The number of aromatic nitrogens is 1. The lowest BCUT2D eigenvalue weighted by atomic mass is 10.2. The summed E-state index contributed by atoms with van der Waals surface area (Å²) in [5, 5.41) is 2.83. The number of anilines is 1. The van der Waals surface area contributed by atoms with Crippen LogP contribution in [-0.4, -0.2) is 34.3 Å². The molecule has 118 valence electrons. The summed E-state index contributed by atoms with van der Waals surface area (Å²) in [4.78, 5) is 31.6. The number of benzene rings is 1. The SMILES string of the molecule is O=C1Nc2nc(SCc3ccccc3)sc2C(=O)N2CCC[C@H]12. The molecule has 2 amide bonds. The largest absolute Gasteiger partial charge is 0.326 e. The van der Waals surface area contributed by atoms with Gasteiger partial charge in [-0.05, 0) is 18.4 Å². The number of nitrogens with one attached hydrogen (secondary N) is 1. The lowest BCUT2D eigenvalue weighted by molar-refractivity contribution is -0.119. The summed E-state index contributed by atoms with van der Waals surface area (Å²) in [6, 6.07) is 9.79. The van der Waals surface area contributed by atoms with Crippen LogP contribution in [0, 0.1) is 0 Å². The van der Waals surface area contributed by atoms with Crippen molar-refractivity contribution in [2.24, 2.45) is 0 Å². The Bertz CT molecular complexity index is 760. The minimum Gasteiger partial charge on any atom is -0.326 e. The second-order valence-corrected chi connectivity index (χ2v) is 7.80. The fourth-order valence-electron chi connectivity index (χ4n) is 2.92. The minimum absolute atomic E-state index is 0.0649. The topological polar surface area (TPSA) is 62.3 Å². The summed E-state index contributed by atoms with van der Waals surface area (Å²) in [5.74, 6) is 1.04. The fraction of sp³-hybridized carbons (Fsp3) is 0.312. The molecule has 2 aliphatic rings. The van der Waals surface area contributed by atoms with Gasteiger partial charge in [-0.15, -0.1) is 11.3 Å². The number of carbonyl (C=O) groups excluding carboxylic acids is 2. The highest BCUT2D eigenvalue weighted by Crippen LogP contribution is 2.36. The molecule has 0 saturated carbocycles. The number of nitrogens with zero attached hydrogens (tertiary/aromatic N) is 2. The maximum atomic E-state index is 12.6. The lowest BCUT2D eigenvalue weighted by Crippen LogP contribution is -2.40. The number of carbonyl (C=O) groups is 2. The smallest absolute Gasteiger partial charge is 0.268 e. The summed E-state index contributed by atoms with van der Waals surface area (Å²) in [6.07, 6.45) is 1.62. The third-order valence-electron chi connectivity index (χ3n) is 4.06. The number of hydrogen-bond donors (Lipinski definition) is 1. The molecule has 23 heavy (non-hydrogen) atoms. The number of fused-ring (bicyclic) bond motifs is 2. The number of thioether (sulfide) groups is 1. The van der Waals surface area contributed by atoms with Gasteiger partial charge in [0.15, 0.2) is 10.2 Å². The standard InChI is InChI=1S/C16H15N3O2S2/c20-14-11-7-4-8-19(11)15(21)12-13(17-14)18-16(23-12)22-9-10-5-2-1-3-6-10/h1-3,5-6,11H,4,7-9H2,(H,17,20)/t11-/m1/s1. The zero-order valence-electron chi connectivity index (χ0n) is 12.3. The van der Waals surface area contributed by atoms with E-state index in [-0.39, 0.29) is 17.9 Å². The molecular formula is C16H15N3O2S2. The van der Waals surface area contributed by atoms with Crippen LogP contribution in [0.3, 0.4) is 0 Å². The van der Waals surface area contributed by atoms with Gasteiger partial charge in [-0.2, -0.15) is 0 Å². The Morgan fingerprint density at radius 3 is 2.96 bits per heavy atom. The predicted octanol–water partition coefficient (Wildman–Crippen LogP) is 2.99. The Morgan fingerprint density at radius 2 is 2.13 bits per heavy atom. The molecule has 1 atom stereocenters. The van der Waals surface area contributed by atoms with E-state index in [0.717, 1.165) is 22.9 Å². The van der Waals surface area contributed by atoms with Crippen LogP contribution in [0.1, 0.15) is 28.1 Å². The predicted molar refractivity (Wildman–Crippen MR) is 90.8 cm³/mol.